The zero-order chi connectivity index (χ0) is 23.8. The van der Waals surface area contributed by atoms with Crippen molar-refractivity contribution >= 4 is 23.0 Å². The van der Waals surface area contributed by atoms with E-state index >= 15 is 0 Å². The third kappa shape index (κ3) is 5.86. The van der Waals surface area contributed by atoms with E-state index in [1.807, 2.05) is 24.3 Å². The number of hydrazone groups is 1. The van der Waals surface area contributed by atoms with Crippen LogP contribution in [0.1, 0.15) is 11.1 Å². The van der Waals surface area contributed by atoms with Crippen LogP contribution in [-0.4, -0.2) is 30.8 Å². The molecule has 0 unspecified atom stereocenters. The summed E-state index contributed by atoms with van der Waals surface area (Å²) in [5, 5.41) is 4.90. The molecule has 1 N–H and O–H groups in total. The molecule has 1 heterocycles. The van der Waals surface area contributed by atoms with Crippen molar-refractivity contribution in [3.8, 4) is 17.2 Å². The van der Waals surface area contributed by atoms with Crippen molar-refractivity contribution in [1.29, 1.82) is 0 Å². The first kappa shape index (κ1) is 22.7. The summed E-state index contributed by atoms with van der Waals surface area (Å²) in [6.45, 7) is 0.0683. The van der Waals surface area contributed by atoms with E-state index in [4.69, 9.17) is 14.2 Å². The molecule has 0 saturated carbocycles. The van der Waals surface area contributed by atoms with Gasteiger partial charge in [-0.15, -0.1) is 0 Å². The normalized spacial score (nSPS) is 10.9. The predicted octanol–water partition coefficient (Wildman–Crippen LogP) is 4.49. The SMILES string of the molecule is COc1cc(/C=N\NC(=O)COc2cccc3cccnc23)ccc1OCc1ccc(F)cc1. The van der Waals surface area contributed by atoms with Crippen LogP contribution in [0, 0.1) is 5.82 Å². The Balaban J connectivity index is 1.31. The highest BCUT2D eigenvalue weighted by molar-refractivity contribution is 5.86. The molecule has 0 atom stereocenters. The topological polar surface area (TPSA) is 82.0 Å². The molecule has 34 heavy (non-hydrogen) atoms. The van der Waals surface area contributed by atoms with Crippen LogP contribution in [0.5, 0.6) is 17.2 Å². The second-order valence-electron chi connectivity index (χ2n) is 7.24. The van der Waals surface area contributed by atoms with Gasteiger partial charge < -0.3 is 14.2 Å². The van der Waals surface area contributed by atoms with Crippen LogP contribution in [0.15, 0.2) is 84.1 Å². The van der Waals surface area contributed by atoms with Gasteiger partial charge >= 0.3 is 0 Å². The summed E-state index contributed by atoms with van der Waals surface area (Å²) in [6, 6.07) is 20.6. The van der Waals surface area contributed by atoms with Gasteiger partial charge in [-0.25, -0.2) is 9.82 Å². The number of benzene rings is 3. The lowest BCUT2D eigenvalue weighted by Gasteiger charge is -2.11. The minimum Gasteiger partial charge on any atom is -0.493 e. The van der Waals surface area contributed by atoms with Crippen LogP contribution >= 0.6 is 0 Å². The van der Waals surface area contributed by atoms with E-state index in [2.05, 4.69) is 15.5 Å². The smallest absolute Gasteiger partial charge is 0.277 e. The first-order valence-corrected chi connectivity index (χ1v) is 10.5. The molecule has 0 aliphatic carbocycles. The molecule has 0 radical (unpaired) electrons. The molecule has 1 amide bonds. The average Bonchev–Trinajstić information content (AvgIpc) is 2.87. The van der Waals surface area contributed by atoms with Crippen molar-refractivity contribution in [3.63, 3.8) is 0 Å². The Morgan fingerprint density at radius 2 is 1.82 bits per heavy atom. The summed E-state index contributed by atoms with van der Waals surface area (Å²) in [4.78, 5) is 16.4. The van der Waals surface area contributed by atoms with Crippen molar-refractivity contribution in [2.45, 2.75) is 6.61 Å². The standard InChI is InChI=1S/C26H22FN3O4/c1-32-24-14-19(9-12-22(24)33-16-18-7-10-21(27)11-8-18)15-29-30-25(31)17-34-23-6-2-4-20-5-3-13-28-26(20)23/h2-15H,16-17H2,1H3,(H,30,31)/b29-15-. The van der Waals surface area contributed by atoms with Gasteiger partial charge in [0, 0.05) is 11.6 Å². The van der Waals surface area contributed by atoms with Crippen molar-refractivity contribution in [2.75, 3.05) is 13.7 Å². The third-order valence-corrected chi connectivity index (χ3v) is 4.85. The van der Waals surface area contributed by atoms with E-state index in [1.54, 1.807) is 42.6 Å². The van der Waals surface area contributed by atoms with Gasteiger partial charge in [-0.05, 0) is 53.6 Å². The quantitative estimate of drug-likeness (QED) is 0.295. The van der Waals surface area contributed by atoms with Crippen LogP contribution in [0.2, 0.25) is 0 Å². The Hall–Kier alpha value is -4.46. The Morgan fingerprint density at radius 1 is 1.00 bits per heavy atom. The molecule has 0 bridgehead atoms. The summed E-state index contributed by atoms with van der Waals surface area (Å²) in [7, 11) is 1.53. The van der Waals surface area contributed by atoms with Gasteiger partial charge in [0.2, 0.25) is 0 Å². The minimum absolute atomic E-state index is 0.202. The number of carbonyl (C=O) groups excluding carboxylic acids is 1. The molecule has 1 aromatic heterocycles. The molecule has 7 nitrogen and oxygen atoms in total. The number of para-hydroxylation sites is 1. The maximum Gasteiger partial charge on any atom is 0.277 e. The minimum atomic E-state index is -0.407. The summed E-state index contributed by atoms with van der Waals surface area (Å²) in [5.74, 6) is 0.858. The van der Waals surface area contributed by atoms with Crippen molar-refractivity contribution in [2.24, 2.45) is 5.10 Å². The highest BCUT2D eigenvalue weighted by Gasteiger charge is 2.08. The lowest BCUT2D eigenvalue weighted by molar-refractivity contribution is -0.123. The lowest BCUT2D eigenvalue weighted by atomic mass is 10.2. The Morgan fingerprint density at radius 3 is 2.65 bits per heavy atom. The zero-order valence-corrected chi connectivity index (χ0v) is 18.4. The number of fused-ring (bicyclic) bond motifs is 1. The highest BCUT2D eigenvalue weighted by atomic mass is 19.1. The molecule has 8 heteroatoms. The van der Waals surface area contributed by atoms with Gasteiger partial charge in [-0.2, -0.15) is 5.10 Å². The Bertz CT molecular complexity index is 1300. The van der Waals surface area contributed by atoms with Gasteiger partial charge in [0.1, 0.15) is 23.7 Å². The van der Waals surface area contributed by atoms with Gasteiger partial charge in [0.05, 0.1) is 13.3 Å². The number of halogens is 1. The number of pyridine rings is 1. The largest absolute Gasteiger partial charge is 0.493 e. The van der Waals surface area contributed by atoms with Crippen molar-refractivity contribution < 1.29 is 23.4 Å². The molecule has 4 aromatic rings. The first-order valence-electron chi connectivity index (χ1n) is 10.5. The second-order valence-corrected chi connectivity index (χ2v) is 7.24. The van der Waals surface area contributed by atoms with Gasteiger partial charge in [-0.3, -0.25) is 9.78 Å². The number of ether oxygens (including phenoxy) is 3. The molecule has 0 fully saturated rings. The highest BCUT2D eigenvalue weighted by Crippen LogP contribution is 2.28. The molecule has 0 spiro atoms. The molecule has 0 aliphatic rings. The van der Waals surface area contributed by atoms with E-state index in [9.17, 15) is 9.18 Å². The van der Waals surface area contributed by atoms with Crippen molar-refractivity contribution in [3.05, 3.63) is 95.9 Å². The average molecular weight is 459 g/mol. The fraction of sp³-hybridized carbons (Fsp3) is 0.115. The first-order chi connectivity index (χ1) is 16.6. The molecular weight excluding hydrogens is 437 g/mol. The fourth-order valence-electron chi connectivity index (χ4n) is 3.17. The van der Waals surface area contributed by atoms with Crippen LogP contribution in [0.3, 0.4) is 0 Å². The summed E-state index contributed by atoms with van der Waals surface area (Å²) in [6.07, 6.45) is 3.16. The molecule has 4 rings (SSSR count). The Labute approximate surface area is 195 Å². The van der Waals surface area contributed by atoms with Crippen molar-refractivity contribution in [1.82, 2.24) is 10.4 Å². The van der Waals surface area contributed by atoms with Crippen LogP contribution in [0.25, 0.3) is 10.9 Å². The predicted molar refractivity (Wildman–Crippen MR) is 127 cm³/mol. The van der Waals surface area contributed by atoms with Crippen LogP contribution in [-0.2, 0) is 11.4 Å². The molecule has 0 saturated heterocycles. The zero-order valence-electron chi connectivity index (χ0n) is 18.4. The summed E-state index contributed by atoms with van der Waals surface area (Å²) in [5.41, 5.74) is 4.66. The molecule has 172 valence electrons. The number of nitrogens with one attached hydrogen (secondary N) is 1. The number of nitrogens with zero attached hydrogens (tertiary/aromatic N) is 2. The number of aromatic nitrogens is 1. The maximum absolute atomic E-state index is 13.0. The van der Waals surface area contributed by atoms with E-state index < -0.39 is 5.91 Å². The second kappa shape index (κ2) is 10.9. The van der Waals surface area contributed by atoms with Gasteiger partial charge in [0.25, 0.3) is 5.91 Å². The van der Waals surface area contributed by atoms with E-state index in [-0.39, 0.29) is 19.0 Å². The summed E-state index contributed by atoms with van der Waals surface area (Å²) < 4.78 is 29.8. The lowest BCUT2D eigenvalue weighted by Crippen LogP contribution is -2.24. The van der Waals surface area contributed by atoms with Gasteiger partial charge in [-0.1, -0.05) is 30.3 Å². The molecule has 3 aromatic carbocycles. The monoisotopic (exact) mass is 459 g/mol. The number of hydrogen-bond acceptors (Lipinski definition) is 6. The van der Waals surface area contributed by atoms with Crippen LogP contribution in [0.4, 0.5) is 4.39 Å². The van der Waals surface area contributed by atoms with E-state index in [0.717, 1.165) is 10.9 Å². The fourth-order valence-corrected chi connectivity index (χ4v) is 3.17. The summed E-state index contributed by atoms with van der Waals surface area (Å²) >= 11 is 0. The molecule has 0 aliphatic heterocycles. The van der Waals surface area contributed by atoms with Gasteiger partial charge in [0.15, 0.2) is 18.1 Å². The van der Waals surface area contributed by atoms with Crippen LogP contribution < -0.4 is 19.6 Å². The number of amides is 1. The van der Waals surface area contributed by atoms with E-state index in [0.29, 0.717) is 28.3 Å². The molecular formula is C26H22FN3O4. The number of carbonyl (C=O) groups is 1. The maximum atomic E-state index is 13.0. The van der Waals surface area contributed by atoms with E-state index in [1.165, 1.54) is 25.5 Å². The number of methoxy groups -OCH3 is 1. The third-order valence-electron chi connectivity index (χ3n) is 4.85. The Kier molecular flexibility index (Phi) is 7.29. The number of hydrogen-bond donors (Lipinski definition) is 1. The number of rotatable bonds is 9.